The molecule has 0 radical (unpaired) electrons. The van der Waals surface area contributed by atoms with E-state index in [0.29, 0.717) is 23.1 Å². The predicted octanol–water partition coefficient (Wildman–Crippen LogP) is 4.28. The Bertz CT molecular complexity index is 932. The van der Waals surface area contributed by atoms with Crippen LogP contribution in [-0.2, 0) is 0 Å². The SMILES string of the molecule is Cc1ccc(-c2nc(C)c(C(=O)NC[C@@H]3CCN(c4ccccc4)C3)s2)o1. The number of nitrogens with one attached hydrogen (secondary N) is 1. The van der Waals surface area contributed by atoms with Crippen LogP contribution in [0, 0.1) is 19.8 Å². The van der Waals surface area contributed by atoms with Crippen molar-refractivity contribution in [3.05, 3.63) is 58.8 Å². The number of para-hydroxylation sites is 1. The van der Waals surface area contributed by atoms with Crippen molar-refractivity contribution < 1.29 is 9.21 Å². The van der Waals surface area contributed by atoms with E-state index in [1.54, 1.807) is 0 Å². The highest BCUT2D eigenvalue weighted by atomic mass is 32.1. The van der Waals surface area contributed by atoms with Crippen molar-refractivity contribution in [1.29, 1.82) is 0 Å². The number of aryl methyl sites for hydroxylation is 2. The number of carbonyl (C=O) groups is 1. The summed E-state index contributed by atoms with van der Waals surface area (Å²) in [5.41, 5.74) is 2.00. The second kappa shape index (κ2) is 7.56. The maximum Gasteiger partial charge on any atom is 0.263 e. The zero-order chi connectivity index (χ0) is 18.8. The van der Waals surface area contributed by atoms with Crippen molar-refractivity contribution in [2.45, 2.75) is 20.3 Å². The zero-order valence-electron chi connectivity index (χ0n) is 15.6. The molecule has 2 aromatic heterocycles. The Hall–Kier alpha value is -2.60. The first-order valence-corrected chi connectivity index (χ1v) is 10.0. The quantitative estimate of drug-likeness (QED) is 0.717. The number of nitrogens with zero attached hydrogens (tertiary/aromatic N) is 2. The Morgan fingerprint density at radius 1 is 1.26 bits per heavy atom. The molecule has 1 saturated heterocycles. The number of rotatable bonds is 5. The molecule has 0 saturated carbocycles. The maximum atomic E-state index is 12.6. The molecule has 0 spiro atoms. The van der Waals surface area contributed by atoms with E-state index in [9.17, 15) is 4.79 Å². The molecule has 1 amide bonds. The van der Waals surface area contributed by atoms with E-state index < -0.39 is 0 Å². The number of carbonyl (C=O) groups excluding carboxylic acids is 1. The zero-order valence-corrected chi connectivity index (χ0v) is 16.4. The molecule has 6 heteroatoms. The van der Waals surface area contributed by atoms with E-state index >= 15 is 0 Å². The summed E-state index contributed by atoms with van der Waals surface area (Å²) in [7, 11) is 0. The van der Waals surface area contributed by atoms with E-state index in [0.717, 1.165) is 36.0 Å². The maximum absolute atomic E-state index is 12.6. The summed E-state index contributed by atoms with van der Waals surface area (Å²) in [5.74, 6) is 1.98. The Morgan fingerprint density at radius 2 is 2.07 bits per heavy atom. The highest BCUT2D eigenvalue weighted by Gasteiger charge is 2.24. The third-order valence-corrected chi connectivity index (χ3v) is 6.08. The van der Waals surface area contributed by atoms with Crippen molar-refractivity contribution in [1.82, 2.24) is 10.3 Å². The summed E-state index contributed by atoms with van der Waals surface area (Å²) in [4.78, 5) is 20.2. The molecule has 3 heterocycles. The molecule has 4 rings (SSSR count). The van der Waals surface area contributed by atoms with Crippen LogP contribution in [0.15, 0.2) is 46.9 Å². The fourth-order valence-corrected chi connectivity index (χ4v) is 4.40. The molecule has 1 aromatic carbocycles. The number of hydrogen-bond donors (Lipinski definition) is 1. The topological polar surface area (TPSA) is 58.4 Å². The van der Waals surface area contributed by atoms with Gasteiger partial charge in [-0.05, 0) is 50.5 Å². The van der Waals surface area contributed by atoms with Crippen LogP contribution in [0.3, 0.4) is 0 Å². The first-order valence-electron chi connectivity index (χ1n) is 9.22. The number of hydrogen-bond acceptors (Lipinski definition) is 5. The number of thiazole rings is 1. The van der Waals surface area contributed by atoms with Crippen molar-refractivity contribution in [3.63, 3.8) is 0 Å². The molecule has 0 unspecified atom stereocenters. The normalized spacial score (nSPS) is 16.7. The van der Waals surface area contributed by atoms with Crippen LogP contribution in [0.1, 0.15) is 27.5 Å². The molecule has 1 aliphatic heterocycles. The fraction of sp³-hybridized carbons (Fsp3) is 0.333. The Kier molecular flexibility index (Phi) is 4.99. The van der Waals surface area contributed by atoms with Gasteiger partial charge in [-0.15, -0.1) is 11.3 Å². The second-order valence-corrected chi connectivity index (χ2v) is 7.99. The summed E-state index contributed by atoms with van der Waals surface area (Å²) in [6, 6.07) is 14.2. The van der Waals surface area contributed by atoms with Gasteiger partial charge in [0.05, 0.1) is 5.69 Å². The summed E-state index contributed by atoms with van der Waals surface area (Å²) >= 11 is 1.39. The van der Waals surface area contributed by atoms with Gasteiger partial charge in [0.25, 0.3) is 5.91 Å². The molecule has 5 nitrogen and oxygen atoms in total. The van der Waals surface area contributed by atoms with E-state index in [-0.39, 0.29) is 5.91 Å². The molecule has 140 valence electrons. The van der Waals surface area contributed by atoms with E-state index in [1.165, 1.54) is 17.0 Å². The lowest BCUT2D eigenvalue weighted by Gasteiger charge is -2.18. The minimum Gasteiger partial charge on any atom is -0.459 e. The second-order valence-electron chi connectivity index (χ2n) is 6.99. The molecular formula is C21H23N3O2S. The summed E-state index contributed by atoms with van der Waals surface area (Å²) in [6.07, 6.45) is 1.09. The van der Waals surface area contributed by atoms with Crippen molar-refractivity contribution in [2.24, 2.45) is 5.92 Å². The highest BCUT2D eigenvalue weighted by Crippen LogP contribution is 2.29. The van der Waals surface area contributed by atoms with E-state index in [1.807, 2.05) is 32.0 Å². The Labute approximate surface area is 163 Å². The van der Waals surface area contributed by atoms with Gasteiger partial charge in [-0.2, -0.15) is 0 Å². The lowest BCUT2D eigenvalue weighted by Crippen LogP contribution is -2.30. The third-order valence-electron chi connectivity index (χ3n) is 4.91. The molecule has 27 heavy (non-hydrogen) atoms. The van der Waals surface area contributed by atoms with Crippen LogP contribution in [0.25, 0.3) is 10.8 Å². The van der Waals surface area contributed by atoms with Crippen molar-refractivity contribution >= 4 is 22.9 Å². The van der Waals surface area contributed by atoms with Gasteiger partial charge >= 0.3 is 0 Å². The van der Waals surface area contributed by atoms with Gasteiger partial charge in [-0.25, -0.2) is 4.98 Å². The molecule has 1 atom stereocenters. The van der Waals surface area contributed by atoms with Gasteiger partial charge in [-0.1, -0.05) is 18.2 Å². The Balaban J connectivity index is 1.35. The van der Waals surface area contributed by atoms with E-state index in [2.05, 4.69) is 39.5 Å². The monoisotopic (exact) mass is 381 g/mol. The van der Waals surface area contributed by atoms with Gasteiger partial charge in [0.2, 0.25) is 0 Å². The van der Waals surface area contributed by atoms with Crippen LogP contribution < -0.4 is 10.2 Å². The van der Waals surface area contributed by atoms with Gasteiger partial charge in [0.15, 0.2) is 10.8 Å². The van der Waals surface area contributed by atoms with Crippen LogP contribution in [0.2, 0.25) is 0 Å². The fourth-order valence-electron chi connectivity index (χ4n) is 3.45. The molecular weight excluding hydrogens is 358 g/mol. The van der Waals surface area contributed by atoms with Gasteiger partial charge < -0.3 is 14.6 Å². The van der Waals surface area contributed by atoms with Crippen molar-refractivity contribution in [3.8, 4) is 10.8 Å². The van der Waals surface area contributed by atoms with Gasteiger partial charge in [0, 0.05) is 25.3 Å². The van der Waals surface area contributed by atoms with Gasteiger partial charge in [-0.3, -0.25) is 4.79 Å². The average molecular weight is 382 g/mol. The molecule has 0 aliphatic carbocycles. The standard InChI is InChI=1S/C21H23N3O2S/c1-14-8-9-18(26-14)21-23-15(2)19(27-21)20(25)22-12-16-10-11-24(13-16)17-6-4-3-5-7-17/h3-9,16H,10-13H2,1-2H3,(H,22,25)/t16-/m0/s1. The lowest BCUT2D eigenvalue weighted by molar-refractivity contribution is 0.0951. The molecule has 0 bridgehead atoms. The number of amides is 1. The van der Waals surface area contributed by atoms with Crippen molar-refractivity contribution in [2.75, 3.05) is 24.5 Å². The van der Waals surface area contributed by atoms with Crippen LogP contribution in [0.5, 0.6) is 0 Å². The minimum atomic E-state index is -0.0438. The summed E-state index contributed by atoms with van der Waals surface area (Å²) in [6.45, 7) is 6.47. The Morgan fingerprint density at radius 3 is 2.81 bits per heavy atom. The summed E-state index contributed by atoms with van der Waals surface area (Å²) in [5, 5.41) is 3.85. The largest absolute Gasteiger partial charge is 0.459 e. The van der Waals surface area contributed by atoms with E-state index in [4.69, 9.17) is 4.42 Å². The van der Waals surface area contributed by atoms with Gasteiger partial charge in [0.1, 0.15) is 10.6 Å². The first kappa shape index (κ1) is 17.8. The first-order chi connectivity index (χ1) is 13.1. The third kappa shape index (κ3) is 3.90. The number of aromatic nitrogens is 1. The number of anilines is 1. The smallest absolute Gasteiger partial charge is 0.263 e. The molecule has 3 aromatic rings. The predicted molar refractivity (Wildman–Crippen MR) is 108 cm³/mol. The minimum absolute atomic E-state index is 0.0438. The van der Waals surface area contributed by atoms with Crippen LogP contribution in [0.4, 0.5) is 5.69 Å². The molecule has 1 N–H and O–H groups in total. The number of furan rings is 1. The average Bonchev–Trinajstić information content (AvgIpc) is 3.40. The molecule has 1 fully saturated rings. The van der Waals surface area contributed by atoms with Crippen LogP contribution in [-0.4, -0.2) is 30.5 Å². The number of benzene rings is 1. The van der Waals surface area contributed by atoms with Crippen LogP contribution >= 0.6 is 11.3 Å². The lowest BCUT2D eigenvalue weighted by atomic mass is 10.1. The molecule has 1 aliphatic rings. The summed E-state index contributed by atoms with van der Waals surface area (Å²) < 4.78 is 5.62. The highest BCUT2D eigenvalue weighted by molar-refractivity contribution is 7.17.